The highest BCUT2D eigenvalue weighted by Gasteiger charge is 2.28. The highest BCUT2D eigenvalue weighted by molar-refractivity contribution is 5.94. The Morgan fingerprint density at radius 2 is 1.76 bits per heavy atom. The van der Waals surface area contributed by atoms with Crippen molar-refractivity contribution < 1.29 is 24.2 Å². The van der Waals surface area contributed by atoms with E-state index < -0.39 is 6.10 Å². The summed E-state index contributed by atoms with van der Waals surface area (Å²) in [5.41, 5.74) is 0.545. The summed E-state index contributed by atoms with van der Waals surface area (Å²) < 4.78 is 11.4. The van der Waals surface area contributed by atoms with Crippen LogP contribution in [0.3, 0.4) is 0 Å². The molecule has 2 saturated heterocycles. The van der Waals surface area contributed by atoms with E-state index in [1.807, 2.05) is 18.2 Å². The first-order valence-corrected chi connectivity index (χ1v) is 12.0. The summed E-state index contributed by atoms with van der Waals surface area (Å²) in [6.45, 7) is 5.66. The van der Waals surface area contributed by atoms with Crippen molar-refractivity contribution in [1.29, 1.82) is 0 Å². The Kier molecular flexibility index (Phi) is 8.39. The van der Waals surface area contributed by atoms with Crippen LogP contribution in [-0.2, 0) is 13.2 Å². The summed E-state index contributed by atoms with van der Waals surface area (Å²) in [6.07, 6.45) is 3.41. The van der Waals surface area contributed by atoms with E-state index >= 15 is 0 Å². The third kappa shape index (κ3) is 6.80. The molecule has 0 bridgehead atoms. The number of hydrogen-bond donors (Lipinski definition) is 3. The number of rotatable bonds is 9. The van der Waals surface area contributed by atoms with Gasteiger partial charge < -0.3 is 24.7 Å². The van der Waals surface area contributed by atoms with E-state index in [0.29, 0.717) is 37.4 Å². The maximum atomic E-state index is 12.8. The molecule has 0 spiro atoms. The number of carbonyl (C=O) groups is 1. The van der Waals surface area contributed by atoms with Gasteiger partial charge in [-0.1, -0.05) is 0 Å². The Labute approximate surface area is 195 Å². The Bertz CT molecular complexity index is 878. The molecule has 8 heteroatoms. The van der Waals surface area contributed by atoms with E-state index in [2.05, 4.69) is 15.1 Å². The minimum absolute atomic E-state index is 0.125. The van der Waals surface area contributed by atoms with Crippen molar-refractivity contribution in [2.24, 2.45) is 0 Å². The quantitative estimate of drug-likeness (QED) is 0.530. The van der Waals surface area contributed by atoms with Gasteiger partial charge in [-0.3, -0.25) is 14.6 Å². The number of nitrogens with one attached hydrogen (secondary N) is 1. The predicted molar refractivity (Wildman–Crippen MR) is 124 cm³/mol. The fourth-order valence-electron chi connectivity index (χ4n) is 4.57. The molecule has 0 saturated carbocycles. The molecule has 0 radical (unpaired) electrons. The molecule has 2 aliphatic heterocycles. The molecular weight excluding hydrogens is 422 g/mol. The lowest BCUT2D eigenvalue weighted by Crippen LogP contribution is -2.48. The van der Waals surface area contributed by atoms with Gasteiger partial charge in [0.1, 0.15) is 30.5 Å². The summed E-state index contributed by atoms with van der Waals surface area (Å²) in [5.74, 6) is 1.85. The number of furan rings is 1. The summed E-state index contributed by atoms with van der Waals surface area (Å²) in [6, 6.07) is 10.4. The average Bonchev–Trinajstić information content (AvgIpc) is 3.47. The molecule has 33 heavy (non-hydrogen) atoms. The fraction of sp³-hybridized carbons (Fsp3) is 0.560. The molecule has 1 aromatic heterocycles. The van der Waals surface area contributed by atoms with Crippen LogP contribution in [0.2, 0.25) is 0 Å². The van der Waals surface area contributed by atoms with Crippen LogP contribution in [-0.4, -0.2) is 77.4 Å². The van der Waals surface area contributed by atoms with Crippen molar-refractivity contribution >= 4 is 5.91 Å². The Morgan fingerprint density at radius 1 is 1.03 bits per heavy atom. The zero-order valence-corrected chi connectivity index (χ0v) is 19.1. The van der Waals surface area contributed by atoms with E-state index in [9.17, 15) is 15.0 Å². The lowest BCUT2D eigenvalue weighted by molar-refractivity contribution is 0.0794. The van der Waals surface area contributed by atoms with Crippen LogP contribution < -0.4 is 10.1 Å². The second-order valence-corrected chi connectivity index (χ2v) is 8.97. The van der Waals surface area contributed by atoms with Crippen LogP contribution in [0.1, 0.15) is 47.6 Å². The number of nitrogens with zero attached hydrogens (tertiary/aromatic N) is 2. The van der Waals surface area contributed by atoms with E-state index in [1.54, 1.807) is 18.2 Å². The standard InChI is InChI=1S/C25H35N3O5/c29-18-22-10-9-21(33-22)16-28-13-3-4-24(30)23(17-28)26-25(31)19-5-7-20(8-6-19)32-15-14-27-11-1-2-12-27/h5-10,23-24,29-30H,1-4,11-18H2,(H,26,31)/t23-,24+/m0/s1. The summed E-state index contributed by atoms with van der Waals surface area (Å²) >= 11 is 0. The number of ether oxygens (including phenoxy) is 1. The highest BCUT2D eigenvalue weighted by Crippen LogP contribution is 2.18. The smallest absolute Gasteiger partial charge is 0.251 e. The number of aliphatic hydroxyl groups excluding tert-OH is 2. The molecule has 3 N–H and O–H groups in total. The first kappa shape index (κ1) is 23.8. The summed E-state index contributed by atoms with van der Waals surface area (Å²) in [5, 5.41) is 22.8. The minimum Gasteiger partial charge on any atom is -0.492 e. The summed E-state index contributed by atoms with van der Waals surface area (Å²) in [7, 11) is 0. The molecule has 1 aromatic carbocycles. The molecule has 2 aliphatic rings. The van der Waals surface area contributed by atoms with Crippen LogP contribution in [0.15, 0.2) is 40.8 Å². The molecule has 8 nitrogen and oxygen atoms in total. The molecule has 1 amide bonds. The van der Waals surface area contributed by atoms with Gasteiger partial charge in [0, 0.05) is 18.7 Å². The molecule has 3 heterocycles. The Morgan fingerprint density at radius 3 is 2.48 bits per heavy atom. The van der Waals surface area contributed by atoms with Gasteiger partial charge in [-0.15, -0.1) is 0 Å². The van der Waals surface area contributed by atoms with Crippen LogP contribution in [0.5, 0.6) is 5.75 Å². The SMILES string of the molecule is O=C(N[C@H]1CN(Cc2ccc(CO)o2)CCC[C@H]1O)c1ccc(OCCN2CCCC2)cc1. The zero-order chi connectivity index (χ0) is 23.0. The number of hydrogen-bond acceptors (Lipinski definition) is 7. The normalized spacial score (nSPS) is 22.2. The van der Waals surface area contributed by atoms with Gasteiger partial charge in [0.05, 0.1) is 18.7 Å². The largest absolute Gasteiger partial charge is 0.492 e. The van der Waals surface area contributed by atoms with Crippen molar-refractivity contribution in [3.8, 4) is 5.75 Å². The van der Waals surface area contributed by atoms with Gasteiger partial charge in [-0.2, -0.15) is 0 Å². The van der Waals surface area contributed by atoms with E-state index in [4.69, 9.17) is 9.15 Å². The van der Waals surface area contributed by atoms with Gasteiger partial charge >= 0.3 is 0 Å². The van der Waals surface area contributed by atoms with E-state index in [0.717, 1.165) is 44.1 Å². The van der Waals surface area contributed by atoms with Gasteiger partial charge in [0.2, 0.25) is 0 Å². The summed E-state index contributed by atoms with van der Waals surface area (Å²) in [4.78, 5) is 17.4. The zero-order valence-electron chi connectivity index (χ0n) is 19.1. The lowest BCUT2D eigenvalue weighted by atomic mass is 10.1. The van der Waals surface area contributed by atoms with Crippen LogP contribution >= 0.6 is 0 Å². The van der Waals surface area contributed by atoms with Crippen LogP contribution in [0, 0.1) is 0 Å². The van der Waals surface area contributed by atoms with Gasteiger partial charge in [0.25, 0.3) is 5.91 Å². The topological polar surface area (TPSA) is 98.4 Å². The highest BCUT2D eigenvalue weighted by atomic mass is 16.5. The maximum absolute atomic E-state index is 12.8. The third-order valence-electron chi connectivity index (χ3n) is 6.45. The number of benzene rings is 1. The first-order valence-electron chi connectivity index (χ1n) is 12.0. The second-order valence-electron chi connectivity index (χ2n) is 8.97. The average molecular weight is 458 g/mol. The third-order valence-corrected chi connectivity index (χ3v) is 6.45. The first-order chi connectivity index (χ1) is 16.1. The molecule has 2 fully saturated rings. The molecular formula is C25H35N3O5. The van der Waals surface area contributed by atoms with E-state index in [-0.39, 0.29) is 18.6 Å². The predicted octanol–water partition coefficient (Wildman–Crippen LogP) is 2.00. The fourth-order valence-corrected chi connectivity index (χ4v) is 4.57. The molecule has 180 valence electrons. The lowest BCUT2D eigenvalue weighted by Gasteiger charge is -2.26. The number of likely N-dealkylation sites (tertiary alicyclic amines) is 2. The monoisotopic (exact) mass is 457 g/mol. The van der Waals surface area contributed by atoms with Crippen molar-refractivity contribution in [1.82, 2.24) is 15.1 Å². The minimum atomic E-state index is -0.600. The molecule has 2 aromatic rings. The number of carbonyl (C=O) groups excluding carboxylic acids is 1. The Hall–Kier alpha value is -2.39. The maximum Gasteiger partial charge on any atom is 0.251 e. The van der Waals surface area contributed by atoms with Gasteiger partial charge in [0.15, 0.2) is 0 Å². The number of amides is 1. The van der Waals surface area contributed by atoms with Gasteiger partial charge in [-0.05, 0) is 81.7 Å². The number of aliphatic hydroxyl groups is 2. The Balaban J connectivity index is 1.28. The molecule has 0 unspecified atom stereocenters. The van der Waals surface area contributed by atoms with Crippen LogP contribution in [0.25, 0.3) is 0 Å². The van der Waals surface area contributed by atoms with Crippen molar-refractivity contribution in [3.05, 3.63) is 53.5 Å². The van der Waals surface area contributed by atoms with Crippen molar-refractivity contribution in [2.75, 3.05) is 39.3 Å². The van der Waals surface area contributed by atoms with Crippen molar-refractivity contribution in [3.63, 3.8) is 0 Å². The molecule has 4 rings (SSSR count). The van der Waals surface area contributed by atoms with Crippen LogP contribution in [0.4, 0.5) is 0 Å². The molecule has 0 aliphatic carbocycles. The second kappa shape index (κ2) is 11.7. The molecule has 2 atom stereocenters. The van der Waals surface area contributed by atoms with Gasteiger partial charge in [-0.25, -0.2) is 0 Å². The van der Waals surface area contributed by atoms with E-state index in [1.165, 1.54) is 12.8 Å². The van der Waals surface area contributed by atoms with Crippen molar-refractivity contribution in [2.45, 2.75) is 51.0 Å².